The van der Waals surface area contributed by atoms with Gasteiger partial charge in [-0.15, -0.1) is 0 Å². The Morgan fingerprint density at radius 3 is 2.68 bits per heavy atom. The van der Waals surface area contributed by atoms with Gasteiger partial charge in [0.15, 0.2) is 0 Å². The Bertz CT molecular complexity index is 1030. The molecule has 5 nitrogen and oxygen atoms in total. The van der Waals surface area contributed by atoms with Crippen molar-refractivity contribution >= 4 is 51.9 Å². The van der Waals surface area contributed by atoms with Gasteiger partial charge in [-0.3, -0.25) is 14.5 Å². The first kappa shape index (κ1) is 22.9. The van der Waals surface area contributed by atoms with Crippen LogP contribution in [-0.4, -0.2) is 34.2 Å². The van der Waals surface area contributed by atoms with E-state index in [0.717, 1.165) is 23.0 Å². The number of thiocarbonyl (C=S) groups is 1. The number of nitrogens with one attached hydrogen (secondary N) is 1. The van der Waals surface area contributed by atoms with Crippen LogP contribution in [0.4, 0.5) is 14.5 Å². The van der Waals surface area contributed by atoms with Gasteiger partial charge in [0.1, 0.15) is 10.1 Å². The summed E-state index contributed by atoms with van der Waals surface area (Å²) in [7, 11) is 0. The number of hydrogen-bond acceptors (Lipinski definition) is 5. The van der Waals surface area contributed by atoms with Crippen molar-refractivity contribution in [3.05, 3.63) is 64.6 Å². The molecule has 0 aromatic heterocycles. The fourth-order valence-corrected chi connectivity index (χ4v) is 4.26. The number of halogens is 2. The molecule has 1 aliphatic heterocycles. The minimum Gasteiger partial charge on any atom is -0.434 e. The molecule has 31 heavy (non-hydrogen) atoms. The zero-order valence-electron chi connectivity index (χ0n) is 16.6. The number of para-hydroxylation sites is 2. The molecule has 2 aromatic carbocycles. The van der Waals surface area contributed by atoms with Crippen LogP contribution in [-0.2, 0) is 9.59 Å². The lowest BCUT2D eigenvalue weighted by Gasteiger charge is -2.14. The molecule has 2 amide bonds. The Kier molecular flexibility index (Phi) is 7.75. The molecule has 9 heteroatoms. The summed E-state index contributed by atoms with van der Waals surface area (Å²) in [5, 5.41) is 2.85. The van der Waals surface area contributed by atoms with E-state index in [4.69, 9.17) is 12.2 Å². The van der Waals surface area contributed by atoms with Gasteiger partial charge in [-0.2, -0.15) is 8.78 Å². The number of amides is 2. The zero-order valence-corrected chi connectivity index (χ0v) is 18.3. The second-order valence-corrected chi connectivity index (χ2v) is 8.39. The zero-order chi connectivity index (χ0) is 22.4. The Hall–Kier alpha value is -2.78. The quantitative estimate of drug-likeness (QED) is 0.431. The van der Waals surface area contributed by atoms with Crippen molar-refractivity contribution < 1.29 is 23.1 Å². The first-order valence-corrected chi connectivity index (χ1v) is 10.7. The molecule has 1 saturated heterocycles. The van der Waals surface area contributed by atoms with Gasteiger partial charge in [0.2, 0.25) is 5.91 Å². The maximum absolute atomic E-state index is 12.7. The largest absolute Gasteiger partial charge is 0.434 e. The number of benzene rings is 2. The number of carbonyl (C=O) groups is 2. The third kappa shape index (κ3) is 6.11. The second kappa shape index (κ2) is 10.5. The van der Waals surface area contributed by atoms with Gasteiger partial charge in [0.25, 0.3) is 5.91 Å². The van der Waals surface area contributed by atoms with Crippen LogP contribution in [0, 0.1) is 6.92 Å². The van der Waals surface area contributed by atoms with Crippen molar-refractivity contribution in [1.29, 1.82) is 0 Å². The van der Waals surface area contributed by atoms with Gasteiger partial charge in [-0.05, 0) is 37.1 Å². The van der Waals surface area contributed by atoms with Crippen LogP contribution in [0.15, 0.2) is 53.4 Å². The molecule has 162 valence electrons. The molecule has 0 radical (unpaired) electrons. The summed E-state index contributed by atoms with van der Waals surface area (Å²) in [6.45, 7) is -0.764. The molecule has 1 N–H and O–H groups in total. The van der Waals surface area contributed by atoms with E-state index in [1.165, 1.54) is 17.0 Å². The lowest BCUT2D eigenvalue weighted by atomic mass is 10.2. The summed E-state index contributed by atoms with van der Waals surface area (Å²) >= 11 is 6.38. The number of rotatable bonds is 8. The van der Waals surface area contributed by atoms with E-state index in [9.17, 15) is 18.4 Å². The fourth-order valence-electron chi connectivity index (χ4n) is 2.96. The molecule has 3 rings (SSSR count). The second-order valence-electron chi connectivity index (χ2n) is 6.72. The number of hydrogen-bond donors (Lipinski definition) is 1. The van der Waals surface area contributed by atoms with E-state index in [-0.39, 0.29) is 24.0 Å². The fraction of sp³-hybridized carbons (Fsp3) is 0.227. The van der Waals surface area contributed by atoms with Crippen LogP contribution < -0.4 is 10.1 Å². The molecule has 1 heterocycles. The monoisotopic (exact) mass is 462 g/mol. The standard InChI is InChI=1S/C22H20F2N2O3S2/c1-14-7-2-4-9-16(14)25-19(27)11-6-12-26-20(28)18(31-22(26)30)13-15-8-3-5-10-17(15)29-21(23)24/h2-5,7-10,13,21H,6,11-12H2,1H3,(H,25,27)/b18-13-. The molecule has 0 bridgehead atoms. The number of anilines is 1. The first-order chi connectivity index (χ1) is 14.8. The minimum absolute atomic E-state index is 0.0179. The molecule has 1 aliphatic rings. The van der Waals surface area contributed by atoms with Crippen molar-refractivity contribution in [3.63, 3.8) is 0 Å². The number of aryl methyl sites for hydroxylation is 1. The maximum Gasteiger partial charge on any atom is 0.387 e. The SMILES string of the molecule is Cc1ccccc1NC(=O)CCCN1C(=O)/C(=C/c2ccccc2OC(F)F)SC1=S. The summed E-state index contributed by atoms with van der Waals surface area (Å²) in [5.74, 6) is -0.481. The van der Waals surface area contributed by atoms with E-state index in [1.807, 2.05) is 31.2 Å². The predicted molar refractivity (Wildman–Crippen MR) is 122 cm³/mol. The predicted octanol–water partition coefficient (Wildman–Crippen LogP) is 5.22. The van der Waals surface area contributed by atoms with Gasteiger partial charge in [0.05, 0.1) is 4.91 Å². The number of thioether (sulfide) groups is 1. The molecule has 0 unspecified atom stereocenters. The van der Waals surface area contributed by atoms with Gasteiger partial charge in [0, 0.05) is 24.2 Å². The summed E-state index contributed by atoms with van der Waals surface area (Å²) in [6.07, 6.45) is 2.15. The lowest BCUT2D eigenvalue weighted by Crippen LogP contribution is -2.29. The Balaban J connectivity index is 1.59. The van der Waals surface area contributed by atoms with Crippen LogP contribution >= 0.6 is 24.0 Å². The third-order valence-corrected chi connectivity index (χ3v) is 5.88. The van der Waals surface area contributed by atoms with Crippen molar-refractivity contribution in [3.8, 4) is 5.75 Å². The van der Waals surface area contributed by atoms with Crippen molar-refractivity contribution in [2.75, 3.05) is 11.9 Å². The summed E-state index contributed by atoms with van der Waals surface area (Å²) in [4.78, 5) is 26.7. The number of carbonyl (C=O) groups excluding carboxylic acids is 2. The smallest absolute Gasteiger partial charge is 0.387 e. The first-order valence-electron chi connectivity index (χ1n) is 9.50. The Morgan fingerprint density at radius 2 is 1.94 bits per heavy atom. The van der Waals surface area contributed by atoms with Crippen LogP contribution in [0.3, 0.4) is 0 Å². The Labute approximate surface area is 188 Å². The third-order valence-electron chi connectivity index (χ3n) is 4.50. The van der Waals surface area contributed by atoms with E-state index in [1.54, 1.807) is 18.2 Å². The molecule has 0 saturated carbocycles. The molecule has 0 spiro atoms. The van der Waals surface area contributed by atoms with E-state index in [2.05, 4.69) is 10.1 Å². The summed E-state index contributed by atoms with van der Waals surface area (Å²) in [5.41, 5.74) is 2.08. The van der Waals surface area contributed by atoms with Gasteiger partial charge < -0.3 is 10.1 Å². The average molecular weight is 463 g/mol. The van der Waals surface area contributed by atoms with E-state index >= 15 is 0 Å². The average Bonchev–Trinajstić information content (AvgIpc) is 2.98. The summed E-state index contributed by atoms with van der Waals surface area (Å²) < 4.78 is 30.1. The van der Waals surface area contributed by atoms with Crippen LogP contribution in [0.2, 0.25) is 0 Å². The number of alkyl halides is 2. The molecular weight excluding hydrogens is 442 g/mol. The normalized spacial score (nSPS) is 15.1. The van der Waals surface area contributed by atoms with Gasteiger partial charge >= 0.3 is 6.61 Å². The highest BCUT2D eigenvalue weighted by atomic mass is 32.2. The van der Waals surface area contributed by atoms with Crippen LogP contribution in [0.25, 0.3) is 6.08 Å². The van der Waals surface area contributed by atoms with Gasteiger partial charge in [-0.1, -0.05) is 60.4 Å². The highest BCUT2D eigenvalue weighted by Gasteiger charge is 2.32. The molecule has 1 fully saturated rings. The molecular formula is C22H20F2N2O3S2. The van der Waals surface area contributed by atoms with Crippen molar-refractivity contribution in [1.82, 2.24) is 4.90 Å². The van der Waals surface area contributed by atoms with Crippen molar-refractivity contribution in [2.24, 2.45) is 0 Å². The topological polar surface area (TPSA) is 58.6 Å². The highest BCUT2D eigenvalue weighted by molar-refractivity contribution is 8.26. The summed E-state index contributed by atoms with van der Waals surface area (Å²) in [6, 6.07) is 13.7. The van der Waals surface area contributed by atoms with E-state index in [0.29, 0.717) is 27.8 Å². The highest BCUT2D eigenvalue weighted by Crippen LogP contribution is 2.34. The molecule has 2 aromatic rings. The molecule has 0 aliphatic carbocycles. The van der Waals surface area contributed by atoms with E-state index < -0.39 is 6.61 Å². The lowest BCUT2D eigenvalue weighted by molar-refractivity contribution is -0.122. The van der Waals surface area contributed by atoms with Gasteiger partial charge in [-0.25, -0.2) is 0 Å². The number of nitrogens with zero attached hydrogens (tertiary/aromatic N) is 1. The molecule has 0 atom stereocenters. The van der Waals surface area contributed by atoms with Crippen LogP contribution in [0.5, 0.6) is 5.75 Å². The van der Waals surface area contributed by atoms with Crippen LogP contribution in [0.1, 0.15) is 24.0 Å². The Morgan fingerprint density at radius 1 is 1.23 bits per heavy atom. The minimum atomic E-state index is -2.96. The number of ether oxygens (including phenoxy) is 1. The van der Waals surface area contributed by atoms with Crippen molar-refractivity contribution in [2.45, 2.75) is 26.4 Å². The maximum atomic E-state index is 12.7.